The number of carbonyl (C=O) groups is 3. The minimum Gasteiger partial charge on any atom is -0.444 e. The minimum atomic E-state index is -0.538. The molecule has 1 aliphatic heterocycles. The number of Topliss-reactive ketones (excluding diaryl/α,β-unsaturated/α-hetero) is 1. The molecule has 1 aromatic rings. The third kappa shape index (κ3) is 7.47. The molecule has 6 nitrogen and oxygen atoms in total. The van der Waals surface area contributed by atoms with E-state index < -0.39 is 5.60 Å². The van der Waals surface area contributed by atoms with Crippen molar-refractivity contribution in [2.75, 3.05) is 19.6 Å². The van der Waals surface area contributed by atoms with Crippen LogP contribution < -0.4 is 0 Å². The quantitative estimate of drug-likeness (QED) is 0.612. The lowest BCUT2D eigenvalue weighted by Crippen LogP contribution is -2.48. The van der Waals surface area contributed by atoms with Gasteiger partial charge in [-0.1, -0.05) is 30.3 Å². The maximum atomic E-state index is 12.7. The van der Waals surface area contributed by atoms with Crippen LogP contribution in [-0.2, 0) is 9.53 Å². The molecular formula is C24H36N2O4. The second kappa shape index (κ2) is 10.6. The molecule has 166 valence electrons. The van der Waals surface area contributed by atoms with Crippen molar-refractivity contribution in [2.45, 2.75) is 71.9 Å². The molecule has 1 fully saturated rings. The Labute approximate surface area is 180 Å². The fraction of sp³-hybridized carbons (Fsp3) is 0.625. The molecule has 1 aromatic carbocycles. The summed E-state index contributed by atoms with van der Waals surface area (Å²) >= 11 is 0. The number of benzene rings is 1. The van der Waals surface area contributed by atoms with Gasteiger partial charge in [0.15, 0.2) is 5.78 Å². The van der Waals surface area contributed by atoms with Crippen molar-refractivity contribution in [2.24, 2.45) is 5.92 Å². The molecule has 0 bridgehead atoms. The zero-order chi connectivity index (χ0) is 22.3. The highest BCUT2D eigenvalue weighted by molar-refractivity contribution is 5.97. The molecule has 1 saturated heterocycles. The summed E-state index contributed by atoms with van der Waals surface area (Å²) in [4.78, 5) is 41.2. The van der Waals surface area contributed by atoms with Gasteiger partial charge >= 0.3 is 6.09 Å². The SMILES string of the molecule is CC(C)N(CC1CCCN(C(=O)CCC(=O)c2ccccc2)C1)C(=O)OC(C)(C)C. The lowest BCUT2D eigenvalue weighted by Gasteiger charge is -2.37. The predicted octanol–water partition coefficient (Wildman–Crippen LogP) is 4.53. The smallest absolute Gasteiger partial charge is 0.410 e. The first kappa shape index (κ1) is 23.9. The molecule has 6 heteroatoms. The minimum absolute atomic E-state index is 0.00609. The summed E-state index contributed by atoms with van der Waals surface area (Å²) in [6.07, 6.45) is 2.01. The summed E-state index contributed by atoms with van der Waals surface area (Å²) in [5, 5.41) is 0. The molecule has 0 aliphatic carbocycles. The number of ether oxygens (including phenoxy) is 1. The largest absolute Gasteiger partial charge is 0.444 e. The van der Waals surface area contributed by atoms with E-state index in [9.17, 15) is 14.4 Å². The van der Waals surface area contributed by atoms with Gasteiger partial charge < -0.3 is 14.5 Å². The maximum absolute atomic E-state index is 12.7. The van der Waals surface area contributed by atoms with Crippen LogP contribution in [0.25, 0.3) is 0 Å². The third-order valence-corrected chi connectivity index (χ3v) is 5.24. The Morgan fingerprint density at radius 1 is 1.13 bits per heavy atom. The molecule has 1 aliphatic rings. The summed E-state index contributed by atoms with van der Waals surface area (Å²) in [7, 11) is 0. The van der Waals surface area contributed by atoms with E-state index in [1.165, 1.54) is 0 Å². The van der Waals surface area contributed by atoms with Crippen LogP contribution in [0.1, 0.15) is 70.7 Å². The van der Waals surface area contributed by atoms with Crippen LogP contribution >= 0.6 is 0 Å². The van der Waals surface area contributed by atoms with E-state index >= 15 is 0 Å². The van der Waals surface area contributed by atoms with Crippen molar-refractivity contribution in [3.05, 3.63) is 35.9 Å². The van der Waals surface area contributed by atoms with Gasteiger partial charge in [-0.05, 0) is 53.4 Å². The zero-order valence-corrected chi connectivity index (χ0v) is 19.0. The van der Waals surface area contributed by atoms with Gasteiger partial charge in [0.05, 0.1) is 0 Å². The molecule has 1 heterocycles. The Kier molecular flexibility index (Phi) is 8.44. The normalized spacial score (nSPS) is 17.0. The Morgan fingerprint density at radius 3 is 2.40 bits per heavy atom. The Balaban J connectivity index is 1.89. The summed E-state index contributed by atoms with van der Waals surface area (Å²) in [5.41, 5.74) is 0.108. The predicted molar refractivity (Wildman–Crippen MR) is 117 cm³/mol. The van der Waals surface area contributed by atoms with Gasteiger partial charge in [-0.15, -0.1) is 0 Å². The number of ketones is 1. The van der Waals surface area contributed by atoms with Crippen LogP contribution in [0.5, 0.6) is 0 Å². The van der Waals surface area contributed by atoms with E-state index in [0.717, 1.165) is 12.8 Å². The number of rotatable bonds is 7. The first-order valence-electron chi connectivity index (χ1n) is 10.9. The number of carbonyl (C=O) groups excluding carboxylic acids is 3. The topological polar surface area (TPSA) is 66.9 Å². The number of nitrogens with zero attached hydrogens (tertiary/aromatic N) is 2. The number of hydrogen-bond donors (Lipinski definition) is 0. The highest BCUT2D eigenvalue weighted by Gasteiger charge is 2.30. The molecule has 30 heavy (non-hydrogen) atoms. The van der Waals surface area contributed by atoms with Crippen LogP contribution in [0.3, 0.4) is 0 Å². The van der Waals surface area contributed by atoms with E-state index in [0.29, 0.717) is 25.2 Å². The van der Waals surface area contributed by atoms with Crippen LogP contribution in [0, 0.1) is 5.92 Å². The Hall–Kier alpha value is -2.37. The molecular weight excluding hydrogens is 380 g/mol. The van der Waals surface area contributed by atoms with Gasteiger partial charge in [-0.2, -0.15) is 0 Å². The van der Waals surface area contributed by atoms with Gasteiger partial charge in [0.1, 0.15) is 5.60 Å². The third-order valence-electron chi connectivity index (χ3n) is 5.24. The highest BCUT2D eigenvalue weighted by atomic mass is 16.6. The molecule has 0 radical (unpaired) electrons. The lowest BCUT2D eigenvalue weighted by molar-refractivity contribution is -0.133. The summed E-state index contributed by atoms with van der Waals surface area (Å²) < 4.78 is 5.55. The van der Waals surface area contributed by atoms with Crippen LogP contribution in [-0.4, -0.2) is 58.9 Å². The van der Waals surface area contributed by atoms with E-state index in [4.69, 9.17) is 4.74 Å². The average Bonchev–Trinajstić information content (AvgIpc) is 2.69. The molecule has 1 unspecified atom stereocenters. The van der Waals surface area contributed by atoms with Gasteiger partial charge in [-0.3, -0.25) is 9.59 Å². The van der Waals surface area contributed by atoms with Gasteiger partial charge in [-0.25, -0.2) is 4.79 Å². The lowest BCUT2D eigenvalue weighted by atomic mass is 9.96. The van der Waals surface area contributed by atoms with Crippen LogP contribution in [0.2, 0.25) is 0 Å². The Bertz CT molecular complexity index is 724. The molecule has 2 rings (SSSR count). The van der Waals surface area contributed by atoms with Gasteiger partial charge in [0.2, 0.25) is 5.91 Å². The number of amides is 2. The van der Waals surface area contributed by atoms with Crippen molar-refractivity contribution in [1.29, 1.82) is 0 Å². The summed E-state index contributed by atoms with van der Waals surface area (Å²) in [6, 6.07) is 9.11. The number of piperidine rings is 1. The number of likely N-dealkylation sites (tertiary alicyclic amines) is 1. The van der Waals surface area contributed by atoms with Gasteiger partial charge in [0.25, 0.3) is 0 Å². The maximum Gasteiger partial charge on any atom is 0.410 e. The van der Waals surface area contributed by atoms with Crippen molar-refractivity contribution >= 4 is 17.8 Å². The summed E-state index contributed by atoms with van der Waals surface area (Å²) in [6.45, 7) is 11.4. The average molecular weight is 417 g/mol. The van der Waals surface area contributed by atoms with Crippen molar-refractivity contribution < 1.29 is 19.1 Å². The monoisotopic (exact) mass is 416 g/mol. The summed E-state index contributed by atoms with van der Waals surface area (Å²) in [5.74, 6) is 0.216. The second-order valence-corrected chi connectivity index (χ2v) is 9.36. The molecule has 0 spiro atoms. The van der Waals surface area contributed by atoms with E-state index in [-0.39, 0.29) is 42.6 Å². The Morgan fingerprint density at radius 2 is 1.80 bits per heavy atom. The molecule has 0 aromatic heterocycles. The highest BCUT2D eigenvalue weighted by Crippen LogP contribution is 2.21. The second-order valence-electron chi connectivity index (χ2n) is 9.36. The molecule has 0 saturated carbocycles. The van der Waals surface area contributed by atoms with Crippen molar-refractivity contribution in [3.63, 3.8) is 0 Å². The van der Waals surface area contributed by atoms with Crippen LogP contribution in [0.15, 0.2) is 30.3 Å². The number of hydrogen-bond acceptors (Lipinski definition) is 4. The van der Waals surface area contributed by atoms with Crippen molar-refractivity contribution in [1.82, 2.24) is 9.80 Å². The first-order valence-corrected chi connectivity index (χ1v) is 10.9. The molecule has 2 amide bonds. The van der Waals surface area contributed by atoms with Crippen LogP contribution in [0.4, 0.5) is 4.79 Å². The van der Waals surface area contributed by atoms with E-state index in [1.807, 2.05) is 57.7 Å². The fourth-order valence-corrected chi connectivity index (χ4v) is 3.68. The van der Waals surface area contributed by atoms with Gasteiger partial charge in [0, 0.05) is 44.1 Å². The molecule has 1 atom stereocenters. The van der Waals surface area contributed by atoms with E-state index in [1.54, 1.807) is 17.0 Å². The standard InChI is InChI=1S/C24H36N2O4/c1-18(2)26(23(29)30-24(3,4)5)17-19-10-9-15-25(16-19)22(28)14-13-21(27)20-11-7-6-8-12-20/h6-8,11-12,18-19H,9-10,13-17H2,1-5H3. The first-order chi connectivity index (χ1) is 14.1. The van der Waals surface area contributed by atoms with Crippen molar-refractivity contribution in [3.8, 4) is 0 Å². The molecule has 0 N–H and O–H groups in total. The fourth-order valence-electron chi connectivity index (χ4n) is 3.68. The zero-order valence-electron chi connectivity index (χ0n) is 19.0. The van der Waals surface area contributed by atoms with E-state index in [2.05, 4.69) is 0 Å².